The number of ether oxygens (including phenoxy) is 1. The Hall–Kier alpha value is -0.120. The molecule has 0 saturated carbocycles. The zero-order valence-electron chi connectivity index (χ0n) is 8.72. The van der Waals surface area contributed by atoms with Gasteiger partial charge in [0.2, 0.25) is 0 Å². The summed E-state index contributed by atoms with van der Waals surface area (Å²) in [4.78, 5) is 0. The van der Waals surface area contributed by atoms with Crippen LogP contribution in [0.4, 0.5) is 0 Å². The lowest BCUT2D eigenvalue weighted by Crippen LogP contribution is -2.21. The summed E-state index contributed by atoms with van der Waals surface area (Å²) in [5.74, 6) is 0. The van der Waals surface area contributed by atoms with E-state index in [1.807, 2.05) is 0 Å². The van der Waals surface area contributed by atoms with Crippen molar-refractivity contribution in [2.24, 2.45) is 0 Å². The predicted molar refractivity (Wildman–Crippen MR) is 54.9 cm³/mol. The molecule has 0 aromatic rings. The molecule has 0 radical (unpaired) electrons. The highest BCUT2D eigenvalue weighted by Gasteiger charge is 1.89. The number of hydrogen-bond donors (Lipinski definition) is 2. The molecular formula is C10H23NO2. The zero-order valence-corrected chi connectivity index (χ0v) is 8.72. The van der Waals surface area contributed by atoms with Crippen LogP contribution in [-0.4, -0.2) is 38.0 Å². The third kappa shape index (κ3) is 11.9. The Balaban J connectivity index is 2.76. The number of aliphatic hydroxyl groups excluding tert-OH is 1. The Morgan fingerprint density at radius 2 is 1.92 bits per heavy atom. The topological polar surface area (TPSA) is 41.5 Å². The van der Waals surface area contributed by atoms with Gasteiger partial charge in [-0.2, -0.15) is 0 Å². The average molecular weight is 189 g/mol. The van der Waals surface area contributed by atoms with Crippen LogP contribution in [-0.2, 0) is 4.74 Å². The van der Waals surface area contributed by atoms with Crippen LogP contribution in [0.3, 0.4) is 0 Å². The SMILES string of the molecule is CCCOCCNCCCCCO. The molecule has 0 unspecified atom stereocenters. The van der Waals surface area contributed by atoms with Crippen LogP contribution >= 0.6 is 0 Å². The molecule has 0 aliphatic carbocycles. The summed E-state index contributed by atoms with van der Waals surface area (Å²) in [6.45, 7) is 6.09. The third-order valence-corrected chi connectivity index (χ3v) is 1.78. The lowest BCUT2D eigenvalue weighted by atomic mass is 10.2. The highest BCUT2D eigenvalue weighted by molar-refractivity contribution is 4.47. The molecule has 0 aromatic heterocycles. The molecule has 3 nitrogen and oxygen atoms in total. The molecular weight excluding hydrogens is 166 g/mol. The van der Waals surface area contributed by atoms with E-state index in [0.717, 1.165) is 52.0 Å². The first-order valence-corrected chi connectivity index (χ1v) is 5.31. The van der Waals surface area contributed by atoms with Crippen molar-refractivity contribution < 1.29 is 9.84 Å². The lowest BCUT2D eigenvalue weighted by Gasteiger charge is -2.04. The van der Waals surface area contributed by atoms with Crippen LogP contribution in [0.5, 0.6) is 0 Å². The van der Waals surface area contributed by atoms with Gasteiger partial charge >= 0.3 is 0 Å². The maximum atomic E-state index is 8.53. The molecule has 80 valence electrons. The fourth-order valence-corrected chi connectivity index (χ4v) is 1.05. The van der Waals surface area contributed by atoms with Gasteiger partial charge in [0.15, 0.2) is 0 Å². The summed E-state index contributed by atoms with van der Waals surface area (Å²) in [6, 6.07) is 0. The maximum Gasteiger partial charge on any atom is 0.0590 e. The first-order chi connectivity index (χ1) is 6.41. The fraction of sp³-hybridized carbons (Fsp3) is 1.00. The second kappa shape index (κ2) is 11.9. The quantitative estimate of drug-likeness (QED) is 0.507. The monoisotopic (exact) mass is 189 g/mol. The number of rotatable bonds is 10. The molecule has 2 N–H and O–H groups in total. The van der Waals surface area contributed by atoms with Gasteiger partial charge in [-0.25, -0.2) is 0 Å². The zero-order chi connectivity index (χ0) is 9.78. The van der Waals surface area contributed by atoms with E-state index < -0.39 is 0 Å². The predicted octanol–water partition coefficient (Wildman–Crippen LogP) is 1.17. The van der Waals surface area contributed by atoms with E-state index in [0.29, 0.717) is 6.61 Å². The van der Waals surface area contributed by atoms with Crippen LogP contribution in [0.2, 0.25) is 0 Å². The fourth-order valence-electron chi connectivity index (χ4n) is 1.05. The highest BCUT2D eigenvalue weighted by Crippen LogP contribution is 1.91. The van der Waals surface area contributed by atoms with Crippen molar-refractivity contribution >= 4 is 0 Å². The van der Waals surface area contributed by atoms with Gasteiger partial charge in [-0.15, -0.1) is 0 Å². The minimum atomic E-state index is 0.319. The van der Waals surface area contributed by atoms with Crippen molar-refractivity contribution in [1.29, 1.82) is 0 Å². The molecule has 0 amide bonds. The number of unbranched alkanes of at least 4 members (excludes halogenated alkanes) is 2. The molecule has 0 aliphatic rings. The molecule has 0 aromatic carbocycles. The average Bonchev–Trinajstić information content (AvgIpc) is 2.16. The summed E-state index contributed by atoms with van der Waals surface area (Å²) < 4.78 is 5.31. The Morgan fingerprint density at radius 1 is 1.08 bits per heavy atom. The van der Waals surface area contributed by atoms with Gasteiger partial charge in [0.1, 0.15) is 0 Å². The number of aliphatic hydroxyl groups is 1. The second-order valence-electron chi connectivity index (χ2n) is 3.15. The smallest absolute Gasteiger partial charge is 0.0590 e. The number of nitrogens with one attached hydrogen (secondary N) is 1. The van der Waals surface area contributed by atoms with Crippen LogP contribution in [0.1, 0.15) is 32.6 Å². The van der Waals surface area contributed by atoms with Crippen molar-refractivity contribution in [3.8, 4) is 0 Å². The van der Waals surface area contributed by atoms with Crippen LogP contribution < -0.4 is 5.32 Å². The van der Waals surface area contributed by atoms with Crippen molar-refractivity contribution in [3.05, 3.63) is 0 Å². The van der Waals surface area contributed by atoms with E-state index in [1.54, 1.807) is 0 Å². The second-order valence-corrected chi connectivity index (χ2v) is 3.15. The largest absolute Gasteiger partial charge is 0.396 e. The first-order valence-electron chi connectivity index (χ1n) is 5.31. The highest BCUT2D eigenvalue weighted by atomic mass is 16.5. The molecule has 3 heteroatoms. The normalized spacial score (nSPS) is 10.6. The Morgan fingerprint density at radius 3 is 2.62 bits per heavy atom. The van der Waals surface area contributed by atoms with Gasteiger partial charge in [0.05, 0.1) is 6.61 Å². The minimum Gasteiger partial charge on any atom is -0.396 e. The van der Waals surface area contributed by atoms with Gasteiger partial charge in [0.25, 0.3) is 0 Å². The molecule has 0 atom stereocenters. The summed E-state index contributed by atoms with van der Waals surface area (Å²) in [6.07, 6.45) is 4.28. The van der Waals surface area contributed by atoms with Crippen LogP contribution in [0.25, 0.3) is 0 Å². The van der Waals surface area contributed by atoms with Crippen molar-refractivity contribution in [2.45, 2.75) is 32.6 Å². The standard InChI is InChI=1S/C10H23NO2/c1-2-9-13-10-7-11-6-4-3-5-8-12/h11-12H,2-10H2,1H3. The Kier molecular flexibility index (Phi) is 11.8. The molecule has 0 rings (SSSR count). The molecule has 0 saturated heterocycles. The summed E-state index contributed by atoms with van der Waals surface area (Å²) in [5, 5.41) is 11.8. The van der Waals surface area contributed by atoms with Crippen LogP contribution in [0, 0.1) is 0 Å². The molecule has 0 aliphatic heterocycles. The third-order valence-electron chi connectivity index (χ3n) is 1.78. The van der Waals surface area contributed by atoms with Crippen LogP contribution in [0.15, 0.2) is 0 Å². The van der Waals surface area contributed by atoms with E-state index >= 15 is 0 Å². The molecule has 0 heterocycles. The summed E-state index contributed by atoms with van der Waals surface area (Å²) >= 11 is 0. The summed E-state index contributed by atoms with van der Waals surface area (Å²) in [7, 11) is 0. The number of hydrogen-bond acceptors (Lipinski definition) is 3. The van der Waals surface area contributed by atoms with Gasteiger partial charge in [0, 0.05) is 19.8 Å². The van der Waals surface area contributed by atoms with Gasteiger partial charge in [-0.3, -0.25) is 0 Å². The molecule has 0 fully saturated rings. The lowest BCUT2D eigenvalue weighted by molar-refractivity contribution is 0.136. The van der Waals surface area contributed by atoms with E-state index in [4.69, 9.17) is 9.84 Å². The van der Waals surface area contributed by atoms with Crippen molar-refractivity contribution in [1.82, 2.24) is 5.32 Å². The Bertz CT molecular complexity index is 79.0. The van der Waals surface area contributed by atoms with Gasteiger partial charge in [-0.05, 0) is 32.2 Å². The molecule has 13 heavy (non-hydrogen) atoms. The summed E-state index contributed by atoms with van der Waals surface area (Å²) in [5.41, 5.74) is 0. The minimum absolute atomic E-state index is 0.319. The Labute approximate surface area is 81.5 Å². The maximum absolute atomic E-state index is 8.53. The van der Waals surface area contributed by atoms with E-state index in [-0.39, 0.29) is 0 Å². The van der Waals surface area contributed by atoms with E-state index in [9.17, 15) is 0 Å². The van der Waals surface area contributed by atoms with Crippen molar-refractivity contribution in [3.63, 3.8) is 0 Å². The van der Waals surface area contributed by atoms with Gasteiger partial charge < -0.3 is 15.2 Å². The molecule has 0 bridgehead atoms. The molecule has 0 spiro atoms. The van der Waals surface area contributed by atoms with E-state index in [2.05, 4.69) is 12.2 Å². The van der Waals surface area contributed by atoms with Gasteiger partial charge in [-0.1, -0.05) is 6.92 Å². The van der Waals surface area contributed by atoms with E-state index in [1.165, 1.54) is 0 Å². The first kappa shape index (κ1) is 12.9. The van der Waals surface area contributed by atoms with Crippen molar-refractivity contribution in [2.75, 3.05) is 32.9 Å².